The molecule has 0 heterocycles. The molecule has 0 radical (unpaired) electrons. The van der Waals surface area contributed by atoms with Gasteiger partial charge >= 0.3 is 5.97 Å². The van der Waals surface area contributed by atoms with Gasteiger partial charge in [-0.2, -0.15) is 0 Å². The van der Waals surface area contributed by atoms with Gasteiger partial charge in [-0.15, -0.1) is 0 Å². The lowest BCUT2D eigenvalue weighted by Gasteiger charge is -2.19. The Hall–Kier alpha value is -1.64. The lowest BCUT2D eigenvalue weighted by molar-refractivity contribution is 0.0596. The van der Waals surface area contributed by atoms with Crippen molar-refractivity contribution in [1.82, 2.24) is 9.62 Å². The molecule has 3 N–H and O–H groups in total. The van der Waals surface area contributed by atoms with E-state index in [1.807, 2.05) is 19.0 Å². The van der Waals surface area contributed by atoms with Crippen LogP contribution in [0.3, 0.4) is 0 Å². The van der Waals surface area contributed by atoms with Gasteiger partial charge in [0.2, 0.25) is 10.0 Å². The monoisotopic (exact) mass is 315 g/mol. The molecular formula is C13H21N3O4S. The molecule has 0 aliphatic heterocycles. The molecule has 7 nitrogen and oxygen atoms in total. The van der Waals surface area contributed by atoms with Crippen LogP contribution in [0.5, 0.6) is 0 Å². The molecule has 0 aliphatic carbocycles. The van der Waals surface area contributed by atoms with Gasteiger partial charge in [0.05, 0.1) is 17.6 Å². The number of sulfonamides is 1. The Labute approximate surface area is 125 Å². The van der Waals surface area contributed by atoms with Gasteiger partial charge in [-0.3, -0.25) is 0 Å². The Bertz CT molecular complexity index is 614. The summed E-state index contributed by atoms with van der Waals surface area (Å²) < 4.78 is 32.0. The third-order valence-corrected chi connectivity index (χ3v) is 4.33. The van der Waals surface area contributed by atoms with Gasteiger partial charge in [0, 0.05) is 18.3 Å². The van der Waals surface area contributed by atoms with Gasteiger partial charge in [-0.05, 0) is 39.2 Å². The molecule has 1 atom stereocenters. The summed E-state index contributed by atoms with van der Waals surface area (Å²) >= 11 is 0. The topological polar surface area (TPSA) is 102 Å². The summed E-state index contributed by atoms with van der Waals surface area (Å²) in [5.41, 5.74) is 5.83. The number of carbonyl (C=O) groups excluding carboxylic acids is 1. The molecule has 0 amide bonds. The van der Waals surface area contributed by atoms with Gasteiger partial charge in [0.25, 0.3) is 0 Å². The number of nitrogens with one attached hydrogen (secondary N) is 1. The van der Waals surface area contributed by atoms with Crippen LogP contribution >= 0.6 is 0 Å². The van der Waals surface area contributed by atoms with E-state index in [0.29, 0.717) is 6.54 Å². The summed E-state index contributed by atoms with van der Waals surface area (Å²) in [4.78, 5) is 13.4. The van der Waals surface area contributed by atoms with Gasteiger partial charge in [0.15, 0.2) is 0 Å². The zero-order chi connectivity index (χ0) is 16.2. The Kier molecular flexibility index (Phi) is 5.70. The fraction of sp³-hybridized carbons (Fsp3) is 0.462. The Balaban J connectivity index is 3.18. The Morgan fingerprint density at radius 2 is 2.05 bits per heavy atom. The van der Waals surface area contributed by atoms with E-state index in [1.54, 1.807) is 6.92 Å². The minimum absolute atomic E-state index is 0.0451. The van der Waals surface area contributed by atoms with Crippen molar-refractivity contribution >= 4 is 21.7 Å². The van der Waals surface area contributed by atoms with Crippen molar-refractivity contribution in [1.29, 1.82) is 0 Å². The van der Waals surface area contributed by atoms with Crippen LogP contribution in [0.15, 0.2) is 23.1 Å². The number of hydrogen-bond donors (Lipinski definition) is 2. The number of nitrogen functional groups attached to an aromatic ring is 1. The molecule has 0 aromatic heterocycles. The van der Waals surface area contributed by atoms with Crippen molar-refractivity contribution in [2.75, 3.05) is 33.5 Å². The fourth-order valence-electron chi connectivity index (χ4n) is 1.95. The molecule has 0 bridgehead atoms. The maximum atomic E-state index is 12.4. The largest absolute Gasteiger partial charge is 0.465 e. The predicted molar refractivity (Wildman–Crippen MR) is 80.5 cm³/mol. The summed E-state index contributed by atoms with van der Waals surface area (Å²) in [6.07, 6.45) is 0. The molecule has 0 saturated heterocycles. The van der Waals surface area contributed by atoms with Gasteiger partial charge in [0.1, 0.15) is 0 Å². The van der Waals surface area contributed by atoms with Gasteiger partial charge in [-0.25, -0.2) is 17.9 Å². The second kappa shape index (κ2) is 6.88. The highest BCUT2D eigenvalue weighted by Crippen LogP contribution is 2.20. The fourth-order valence-corrected chi connectivity index (χ4v) is 3.42. The Morgan fingerprint density at radius 1 is 1.43 bits per heavy atom. The quantitative estimate of drug-likeness (QED) is 0.578. The number of methoxy groups -OCH3 is 1. The summed E-state index contributed by atoms with van der Waals surface area (Å²) in [5, 5.41) is 0. The first kappa shape index (κ1) is 17.4. The zero-order valence-corrected chi connectivity index (χ0v) is 13.4. The molecular weight excluding hydrogens is 294 g/mol. The first-order valence-electron chi connectivity index (χ1n) is 6.32. The number of nitrogens with zero attached hydrogens (tertiary/aromatic N) is 1. The van der Waals surface area contributed by atoms with Crippen molar-refractivity contribution in [3.63, 3.8) is 0 Å². The summed E-state index contributed by atoms with van der Waals surface area (Å²) in [6, 6.07) is 3.72. The maximum absolute atomic E-state index is 12.4. The van der Waals surface area contributed by atoms with Gasteiger partial charge < -0.3 is 15.4 Å². The van der Waals surface area contributed by atoms with Crippen LogP contribution in [0.2, 0.25) is 0 Å². The number of anilines is 1. The van der Waals surface area contributed by atoms with Crippen LogP contribution in [0.1, 0.15) is 17.3 Å². The number of carbonyl (C=O) groups is 1. The minimum atomic E-state index is -3.87. The number of likely N-dealkylation sites (N-methyl/N-ethyl adjacent to an activating group) is 1. The number of ether oxygens (including phenoxy) is 1. The normalized spacial score (nSPS) is 13.2. The second-order valence-electron chi connectivity index (χ2n) is 5.03. The van der Waals surface area contributed by atoms with Crippen molar-refractivity contribution < 1.29 is 17.9 Å². The van der Waals surface area contributed by atoms with E-state index in [0.717, 1.165) is 0 Å². The van der Waals surface area contributed by atoms with Crippen LogP contribution in [0.4, 0.5) is 5.69 Å². The molecule has 1 aromatic carbocycles. The molecule has 0 saturated carbocycles. The molecule has 0 spiro atoms. The Morgan fingerprint density at radius 3 is 2.57 bits per heavy atom. The number of hydrogen-bond acceptors (Lipinski definition) is 6. The number of esters is 1. The number of benzene rings is 1. The smallest absolute Gasteiger partial charge is 0.339 e. The standard InChI is InChI=1S/C13H21N3O4S/c1-9(8-16(2)3)15-21(18,19)12-7-10(14)5-6-11(12)13(17)20-4/h5-7,9,15H,8,14H2,1-4H3. The molecule has 1 rings (SSSR count). The van der Waals surface area contributed by atoms with Crippen LogP contribution in [0.25, 0.3) is 0 Å². The highest BCUT2D eigenvalue weighted by molar-refractivity contribution is 7.89. The molecule has 1 aromatic rings. The summed E-state index contributed by atoms with van der Waals surface area (Å²) in [5.74, 6) is -0.726. The molecule has 1 unspecified atom stereocenters. The molecule has 0 fully saturated rings. The molecule has 8 heteroatoms. The van der Waals surface area contributed by atoms with E-state index in [9.17, 15) is 13.2 Å². The average Bonchev–Trinajstić information content (AvgIpc) is 2.36. The summed E-state index contributed by atoms with van der Waals surface area (Å²) in [6.45, 7) is 2.26. The third kappa shape index (κ3) is 4.69. The lowest BCUT2D eigenvalue weighted by atomic mass is 10.2. The number of nitrogens with two attached hydrogens (primary N) is 1. The maximum Gasteiger partial charge on any atom is 0.339 e. The van der Waals surface area contributed by atoms with E-state index in [4.69, 9.17) is 5.73 Å². The van der Waals surface area contributed by atoms with E-state index in [2.05, 4.69) is 9.46 Å². The van der Waals surface area contributed by atoms with Crippen LogP contribution in [-0.4, -0.2) is 53.1 Å². The highest BCUT2D eigenvalue weighted by atomic mass is 32.2. The van der Waals surface area contributed by atoms with Crippen LogP contribution < -0.4 is 10.5 Å². The molecule has 21 heavy (non-hydrogen) atoms. The molecule has 118 valence electrons. The summed E-state index contributed by atoms with van der Waals surface area (Å²) in [7, 11) is 0.998. The third-order valence-electron chi connectivity index (χ3n) is 2.70. The van der Waals surface area contributed by atoms with E-state index < -0.39 is 16.0 Å². The SMILES string of the molecule is COC(=O)c1ccc(N)cc1S(=O)(=O)NC(C)CN(C)C. The predicted octanol–water partition coefficient (Wildman–Crippen LogP) is 0.284. The van der Waals surface area contributed by atoms with Crippen LogP contribution in [0, 0.1) is 0 Å². The van der Waals surface area contributed by atoms with E-state index in [-0.39, 0.29) is 22.2 Å². The van der Waals surface area contributed by atoms with Crippen LogP contribution in [-0.2, 0) is 14.8 Å². The first-order chi connectivity index (χ1) is 9.67. The number of rotatable bonds is 6. The van der Waals surface area contributed by atoms with Crippen molar-refractivity contribution in [3.05, 3.63) is 23.8 Å². The average molecular weight is 315 g/mol. The molecule has 0 aliphatic rings. The van der Waals surface area contributed by atoms with Crippen molar-refractivity contribution in [3.8, 4) is 0 Å². The highest BCUT2D eigenvalue weighted by Gasteiger charge is 2.25. The van der Waals surface area contributed by atoms with E-state index in [1.165, 1.54) is 25.3 Å². The van der Waals surface area contributed by atoms with Crippen molar-refractivity contribution in [2.24, 2.45) is 0 Å². The van der Waals surface area contributed by atoms with Crippen molar-refractivity contribution in [2.45, 2.75) is 17.9 Å². The minimum Gasteiger partial charge on any atom is -0.465 e. The van der Waals surface area contributed by atoms with Gasteiger partial charge in [-0.1, -0.05) is 0 Å². The van der Waals surface area contributed by atoms with E-state index >= 15 is 0 Å². The lowest BCUT2D eigenvalue weighted by Crippen LogP contribution is -2.40. The zero-order valence-electron chi connectivity index (χ0n) is 12.6. The second-order valence-corrected chi connectivity index (χ2v) is 6.71. The first-order valence-corrected chi connectivity index (χ1v) is 7.80.